The highest BCUT2D eigenvalue weighted by molar-refractivity contribution is 5.80. The van der Waals surface area contributed by atoms with E-state index >= 15 is 0 Å². The monoisotopic (exact) mass is 317 g/mol. The van der Waals surface area contributed by atoms with Gasteiger partial charge < -0.3 is 10.0 Å². The number of aryl methyl sites for hydroxylation is 2. The number of anilines is 3. The first kappa shape index (κ1) is 16.3. The van der Waals surface area contributed by atoms with Crippen LogP contribution in [0, 0.1) is 6.92 Å². The molecule has 0 heterocycles. The van der Waals surface area contributed by atoms with Crippen molar-refractivity contribution >= 4 is 17.1 Å². The van der Waals surface area contributed by atoms with Gasteiger partial charge in [0.25, 0.3) is 0 Å². The molecule has 0 spiro atoms. The van der Waals surface area contributed by atoms with Crippen LogP contribution in [0.2, 0.25) is 0 Å². The van der Waals surface area contributed by atoms with Crippen molar-refractivity contribution in [1.82, 2.24) is 0 Å². The molecule has 0 aromatic heterocycles. The molecule has 3 aromatic carbocycles. The van der Waals surface area contributed by atoms with Crippen molar-refractivity contribution in [3.05, 3.63) is 89.5 Å². The summed E-state index contributed by atoms with van der Waals surface area (Å²) in [7, 11) is 0. The molecule has 0 aliphatic carbocycles. The highest BCUT2D eigenvalue weighted by Gasteiger charge is 2.17. The number of aliphatic hydroxyl groups is 1. The Bertz CT molecular complexity index is 794. The van der Waals surface area contributed by atoms with E-state index in [1.807, 2.05) is 18.2 Å². The molecule has 0 bridgehead atoms. The van der Waals surface area contributed by atoms with Crippen molar-refractivity contribution in [3.8, 4) is 0 Å². The predicted octanol–water partition coefficient (Wildman–Crippen LogP) is 5.52. The normalized spacial score (nSPS) is 10.6. The van der Waals surface area contributed by atoms with Gasteiger partial charge in [-0.15, -0.1) is 0 Å². The fourth-order valence-electron chi connectivity index (χ4n) is 3.06. The maximum absolute atomic E-state index is 9.31. The van der Waals surface area contributed by atoms with Gasteiger partial charge in [0.2, 0.25) is 0 Å². The zero-order valence-electron chi connectivity index (χ0n) is 14.2. The van der Waals surface area contributed by atoms with Crippen molar-refractivity contribution in [3.63, 3.8) is 0 Å². The van der Waals surface area contributed by atoms with Gasteiger partial charge in [-0.3, -0.25) is 0 Å². The van der Waals surface area contributed by atoms with E-state index in [1.54, 1.807) is 0 Å². The third kappa shape index (κ3) is 3.19. The molecule has 0 aliphatic heterocycles. The Hall–Kier alpha value is -2.58. The highest BCUT2D eigenvalue weighted by Crippen LogP contribution is 2.38. The average Bonchev–Trinajstić information content (AvgIpc) is 2.64. The molecule has 0 amide bonds. The van der Waals surface area contributed by atoms with Crippen LogP contribution < -0.4 is 4.90 Å². The molecule has 0 unspecified atom stereocenters. The van der Waals surface area contributed by atoms with Gasteiger partial charge in [-0.1, -0.05) is 55.5 Å². The Morgan fingerprint density at radius 3 is 2.08 bits per heavy atom. The van der Waals surface area contributed by atoms with Gasteiger partial charge in [-0.25, -0.2) is 0 Å². The predicted molar refractivity (Wildman–Crippen MR) is 101 cm³/mol. The summed E-state index contributed by atoms with van der Waals surface area (Å²) in [4.78, 5) is 2.30. The molecule has 0 saturated carbocycles. The summed E-state index contributed by atoms with van der Waals surface area (Å²) in [6.07, 6.45) is 0.981. The minimum atomic E-state index is 0.0657. The van der Waals surface area contributed by atoms with Crippen LogP contribution in [0.25, 0.3) is 0 Å². The first-order valence-electron chi connectivity index (χ1n) is 8.38. The minimum absolute atomic E-state index is 0.0657. The Morgan fingerprint density at radius 1 is 0.792 bits per heavy atom. The molecular weight excluding hydrogens is 294 g/mol. The molecule has 0 aliphatic rings. The van der Waals surface area contributed by atoms with Crippen LogP contribution >= 0.6 is 0 Å². The first-order valence-corrected chi connectivity index (χ1v) is 8.38. The van der Waals surface area contributed by atoms with Crippen molar-refractivity contribution in [2.45, 2.75) is 26.9 Å². The van der Waals surface area contributed by atoms with Crippen LogP contribution in [0.4, 0.5) is 17.1 Å². The fourth-order valence-corrected chi connectivity index (χ4v) is 3.06. The zero-order chi connectivity index (χ0) is 16.9. The third-order valence-corrected chi connectivity index (χ3v) is 4.32. The van der Waals surface area contributed by atoms with E-state index in [1.165, 1.54) is 16.8 Å². The zero-order valence-corrected chi connectivity index (χ0v) is 14.2. The number of benzene rings is 3. The lowest BCUT2D eigenvalue weighted by Gasteiger charge is -2.29. The lowest BCUT2D eigenvalue weighted by atomic mass is 10.0. The Balaban J connectivity index is 2.20. The summed E-state index contributed by atoms with van der Waals surface area (Å²) in [5.74, 6) is 0. The van der Waals surface area contributed by atoms with Gasteiger partial charge in [0.05, 0.1) is 12.3 Å². The molecule has 24 heavy (non-hydrogen) atoms. The molecule has 0 fully saturated rings. The summed E-state index contributed by atoms with van der Waals surface area (Å²) in [5, 5.41) is 9.31. The summed E-state index contributed by atoms with van der Waals surface area (Å²) in [5.41, 5.74) is 6.98. The summed E-state index contributed by atoms with van der Waals surface area (Å²) in [6, 6.07) is 25.0. The Labute approximate surface area is 144 Å². The van der Waals surface area contributed by atoms with Gasteiger partial charge in [-0.2, -0.15) is 0 Å². The highest BCUT2D eigenvalue weighted by atomic mass is 16.3. The van der Waals surface area contributed by atoms with Crippen LogP contribution in [0.1, 0.15) is 23.6 Å². The smallest absolute Gasteiger partial charge is 0.0681 e. The van der Waals surface area contributed by atoms with Crippen LogP contribution in [-0.2, 0) is 13.0 Å². The van der Waals surface area contributed by atoms with Crippen LogP contribution in [0.5, 0.6) is 0 Å². The van der Waals surface area contributed by atoms with Crippen molar-refractivity contribution in [2.75, 3.05) is 4.90 Å². The number of hydrogen-bond donors (Lipinski definition) is 1. The lowest BCUT2D eigenvalue weighted by molar-refractivity contribution is 0.282. The van der Waals surface area contributed by atoms with Crippen molar-refractivity contribution in [2.24, 2.45) is 0 Å². The molecule has 0 saturated heterocycles. The third-order valence-electron chi connectivity index (χ3n) is 4.32. The molecule has 122 valence electrons. The molecule has 2 nitrogen and oxygen atoms in total. The fraction of sp³-hybridized carbons (Fsp3) is 0.182. The maximum atomic E-state index is 9.31. The lowest BCUT2D eigenvalue weighted by Crippen LogP contribution is -2.13. The molecule has 0 atom stereocenters. The van der Waals surface area contributed by atoms with E-state index in [2.05, 4.69) is 73.3 Å². The van der Waals surface area contributed by atoms with Crippen LogP contribution in [0.3, 0.4) is 0 Å². The minimum Gasteiger partial charge on any atom is -0.392 e. The maximum Gasteiger partial charge on any atom is 0.0681 e. The quantitative estimate of drug-likeness (QED) is 0.670. The van der Waals surface area contributed by atoms with Crippen LogP contribution in [0.15, 0.2) is 72.8 Å². The Kier molecular flexibility index (Phi) is 4.97. The molecule has 0 radical (unpaired) electrons. The van der Waals surface area contributed by atoms with E-state index < -0.39 is 0 Å². The van der Waals surface area contributed by atoms with E-state index in [-0.39, 0.29) is 6.61 Å². The van der Waals surface area contributed by atoms with Gasteiger partial charge in [0.1, 0.15) is 0 Å². The second-order valence-corrected chi connectivity index (χ2v) is 5.93. The molecule has 2 heteroatoms. The standard InChI is InChI=1S/C22H23NO/c1-3-19-9-7-8-17(2)22(19)23(20-10-5-4-6-11-20)21-14-12-18(16-24)13-15-21/h4-15,24H,3,16H2,1-2H3. The molecular formula is C22H23NO. The van der Waals surface area contributed by atoms with Gasteiger partial charge in [0.15, 0.2) is 0 Å². The number of aliphatic hydroxyl groups excluding tert-OH is 1. The van der Waals surface area contributed by atoms with Crippen molar-refractivity contribution < 1.29 is 5.11 Å². The number of hydrogen-bond acceptors (Lipinski definition) is 2. The molecule has 1 N–H and O–H groups in total. The second-order valence-electron chi connectivity index (χ2n) is 5.93. The Morgan fingerprint density at radius 2 is 1.46 bits per heavy atom. The topological polar surface area (TPSA) is 23.5 Å². The second kappa shape index (κ2) is 7.33. The number of para-hydroxylation sites is 2. The van der Waals surface area contributed by atoms with E-state index in [9.17, 15) is 5.11 Å². The van der Waals surface area contributed by atoms with Crippen LogP contribution in [-0.4, -0.2) is 5.11 Å². The largest absolute Gasteiger partial charge is 0.392 e. The first-order chi connectivity index (χ1) is 11.7. The van der Waals surface area contributed by atoms with E-state index in [0.717, 1.165) is 23.4 Å². The number of rotatable bonds is 5. The summed E-state index contributed by atoms with van der Waals surface area (Å²) < 4.78 is 0. The number of nitrogens with zero attached hydrogens (tertiary/aromatic N) is 1. The van der Waals surface area contributed by atoms with Gasteiger partial charge in [0, 0.05) is 11.4 Å². The molecule has 3 rings (SSSR count). The van der Waals surface area contributed by atoms with Crippen molar-refractivity contribution in [1.29, 1.82) is 0 Å². The average molecular weight is 317 g/mol. The summed E-state index contributed by atoms with van der Waals surface area (Å²) in [6.45, 7) is 4.42. The van der Waals surface area contributed by atoms with Gasteiger partial charge in [-0.05, 0) is 54.3 Å². The van der Waals surface area contributed by atoms with Gasteiger partial charge >= 0.3 is 0 Å². The summed E-state index contributed by atoms with van der Waals surface area (Å²) >= 11 is 0. The molecule has 3 aromatic rings. The van der Waals surface area contributed by atoms with E-state index in [0.29, 0.717) is 0 Å². The SMILES string of the molecule is CCc1cccc(C)c1N(c1ccccc1)c1ccc(CO)cc1. The van der Waals surface area contributed by atoms with E-state index in [4.69, 9.17) is 0 Å².